The summed E-state index contributed by atoms with van der Waals surface area (Å²) in [6.45, 7) is 0.562. The van der Waals surface area contributed by atoms with Crippen LogP contribution in [0.25, 0.3) is 0 Å². The fourth-order valence-corrected chi connectivity index (χ4v) is 4.30. The first-order valence-electron chi connectivity index (χ1n) is 7.79. The summed E-state index contributed by atoms with van der Waals surface area (Å²) in [6.07, 6.45) is 1.57. The van der Waals surface area contributed by atoms with Gasteiger partial charge in [-0.3, -0.25) is 5.01 Å². The van der Waals surface area contributed by atoms with Gasteiger partial charge in [-0.1, -0.05) is 42.1 Å². The van der Waals surface area contributed by atoms with E-state index in [-0.39, 0.29) is 5.56 Å². The monoisotopic (exact) mass is 347 g/mol. The maximum Gasteiger partial charge on any atom is 0.134 e. The summed E-state index contributed by atoms with van der Waals surface area (Å²) in [5.74, 6) is -0.949. The Balaban J connectivity index is 2.00. The van der Waals surface area contributed by atoms with Gasteiger partial charge < -0.3 is 5.73 Å². The standard InChI is InChI=1S/C18H19F2N3S/c1-23-18(10-5-11-21,13-6-3-2-4-7-13)24-17(22-23)15-12-14(19)8-9-16(15)20/h2-4,6-9,12H,5,10-11,21H2,1H3/t18-/m0/s1. The Bertz CT molecular complexity index is 751. The molecular weight excluding hydrogens is 328 g/mol. The minimum Gasteiger partial charge on any atom is -0.330 e. The molecule has 24 heavy (non-hydrogen) atoms. The third-order valence-electron chi connectivity index (χ3n) is 4.13. The van der Waals surface area contributed by atoms with Gasteiger partial charge in [-0.2, -0.15) is 5.10 Å². The number of nitrogens with zero attached hydrogens (tertiary/aromatic N) is 2. The second-order valence-electron chi connectivity index (χ2n) is 5.70. The predicted molar refractivity (Wildman–Crippen MR) is 94.7 cm³/mol. The molecular formula is C18H19F2N3S. The first-order chi connectivity index (χ1) is 11.6. The molecule has 0 fully saturated rings. The topological polar surface area (TPSA) is 41.6 Å². The van der Waals surface area contributed by atoms with Crippen LogP contribution in [0.1, 0.15) is 24.0 Å². The second-order valence-corrected chi connectivity index (χ2v) is 6.96. The van der Waals surface area contributed by atoms with E-state index in [0.717, 1.165) is 30.5 Å². The lowest BCUT2D eigenvalue weighted by Gasteiger charge is -2.35. The minimum absolute atomic E-state index is 0.192. The molecule has 126 valence electrons. The van der Waals surface area contributed by atoms with Crippen LogP contribution in [0.3, 0.4) is 0 Å². The molecule has 0 aliphatic carbocycles. The molecule has 2 aromatic carbocycles. The molecule has 1 heterocycles. The Morgan fingerprint density at radius 2 is 1.92 bits per heavy atom. The van der Waals surface area contributed by atoms with Crippen LogP contribution in [0, 0.1) is 11.6 Å². The molecule has 6 heteroatoms. The van der Waals surface area contributed by atoms with Crippen LogP contribution >= 0.6 is 11.8 Å². The van der Waals surface area contributed by atoms with E-state index in [1.54, 1.807) is 0 Å². The zero-order chi connectivity index (χ0) is 17.2. The largest absolute Gasteiger partial charge is 0.330 e. The fraction of sp³-hybridized carbons (Fsp3) is 0.278. The molecule has 0 unspecified atom stereocenters. The van der Waals surface area contributed by atoms with Crippen molar-refractivity contribution in [2.45, 2.75) is 17.7 Å². The molecule has 0 saturated heterocycles. The van der Waals surface area contributed by atoms with Gasteiger partial charge in [0, 0.05) is 12.6 Å². The molecule has 0 aromatic heterocycles. The van der Waals surface area contributed by atoms with Crippen molar-refractivity contribution in [1.29, 1.82) is 0 Å². The summed E-state index contributed by atoms with van der Waals surface area (Å²) in [7, 11) is 1.86. The summed E-state index contributed by atoms with van der Waals surface area (Å²) in [5.41, 5.74) is 6.97. The molecule has 0 spiro atoms. The van der Waals surface area contributed by atoms with Gasteiger partial charge in [-0.05, 0) is 43.1 Å². The maximum atomic E-state index is 14.2. The van der Waals surface area contributed by atoms with Gasteiger partial charge in [0.1, 0.15) is 21.5 Å². The molecule has 0 radical (unpaired) electrons. The van der Waals surface area contributed by atoms with Crippen LogP contribution in [0.15, 0.2) is 53.6 Å². The molecule has 1 aliphatic rings. The van der Waals surface area contributed by atoms with Crippen molar-refractivity contribution >= 4 is 16.8 Å². The van der Waals surface area contributed by atoms with E-state index in [9.17, 15) is 8.78 Å². The van der Waals surface area contributed by atoms with Crippen LogP contribution in [-0.4, -0.2) is 23.6 Å². The van der Waals surface area contributed by atoms with Crippen LogP contribution in [-0.2, 0) is 4.87 Å². The Labute approximate surface area is 144 Å². The molecule has 0 saturated carbocycles. The average molecular weight is 347 g/mol. The van der Waals surface area contributed by atoms with E-state index in [1.807, 2.05) is 42.4 Å². The van der Waals surface area contributed by atoms with Gasteiger partial charge in [0.15, 0.2) is 0 Å². The first-order valence-corrected chi connectivity index (χ1v) is 8.61. The number of hydrogen-bond acceptors (Lipinski definition) is 4. The zero-order valence-corrected chi connectivity index (χ0v) is 14.2. The van der Waals surface area contributed by atoms with Crippen molar-refractivity contribution in [3.05, 3.63) is 71.3 Å². The molecule has 3 rings (SSSR count). The third-order valence-corrected chi connectivity index (χ3v) is 5.67. The maximum absolute atomic E-state index is 14.2. The number of rotatable bonds is 5. The van der Waals surface area contributed by atoms with Gasteiger partial charge >= 0.3 is 0 Å². The Kier molecular flexibility index (Phi) is 4.87. The summed E-state index contributed by atoms with van der Waals surface area (Å²) in [5, 5.41) is 6.83. The molecule has 1 aliphatic heterocycles. The number of nitrogens with two attached hydrogens (primary N) is 1. The van der Waals surface area contributed by atoms with Crippen molar-refractivity contribution in [2.75, 3.05) is 13.6 Å². The predicted octanol–water partition coefficient (Wildman–Crippen LogP) is 3.90. The Morgan fingerprint density at radius 1 is 1.17 bits per heavy atom. The van der Waals surface area contributed by atoms with Gasteiger partial charge in [-0.15, -0.1) is 0 Å². The summed E-state index contributed by atoms with van der Waals surface area (Å²) < 4.78 is 27.7. The van der Waals surface area contributed by atoms with E-state index < -0.39 is 16.5 Å². The Hall–Kier alpha value is -1.92. The van der Waals surface area contributed by atoms with Crippen LogP contribution in [0.5, 0.6) is 0 Å². The number of hydrogen-bond donors (Lipinski definition) is 1. The van der Waals surface area contributed by atoms with E-state index in [0.29, 0.717) is 11.6 Å². The van der Waals surface area contributed by atoms with E-state index in [2.05, 4.69) is 5.10 Å². The van der Waals surface area contributed by atoms with Gasteiger partial charge in [0.2, 0.25) is 0 Å². The Morgan fingerprint density at radius 3 is 2.62 bits per heavy atom. The van der Waals surface area contributed by atoms with Gasteiger partial charge in [0.25, 0.3) is 0 Å². The number of hydrazone groups is 1. The highest BCUT2D eigenvalue weighted by molar-refractivity contribution is 8.15. The molecule has 2 N–H and O–H groups in total. The lowest BCUT2D eigenvalue weighted by atomic mass is 10.0. The van der Waals surface area contributed by atoms with Crippen LogP contribution < -0.4 is 5.73 Å². The molecule has 3 nitrogen and oxygen atoms in total. The van der Waals surface area contributed by atoms with Crippen LogP contribution in [0.2, 0.25) is 0 Å². The minimum atomic E-state index is -0.475. The van der Waals surface area contributed by atoms with Crippen molar-refractivity contribution in [3.63, 3.8) is 0 Å². The van der Waals surface area contributed by atoms with Crippen molar-refractivity contribution in [1.82, 2.24) is 5.01 Å². The molecule has 2 aromatic rings. The fourth-order valence-electron chi connectivity index (χ4n) is 2.88. The highest BCUT2D eigenvalue weighted by atomic mass is 32.2. The SMILES string of the molecule is CN1N=C(c2cc(F)ccc2F)S[C@@]1(CCCN)c1ccccc1. The quantitative estimate of drug-likeness (QED) is 0.892. The van der Waals surface area contributed by atoms with Crippen LogP contribution in [0.4, 0.5) is 8.78 Å². The molecule has 1 atom stereocenters. The van der Waals surface area contributed by atoms with Crippen molar-refractivity contribution in [3.8, 4) is 0 Å². The average Bonchev–Trinajstić information content (AvgIpc) is 2.93. The number of benzene rings is 2. The van der Waals surface area contributed by atoms with Crippen molar-refractivity contribution in [2.24, 2.45) is 10.8 Å². The number of halogens is 2. The van der Waals surface area contributed by atoms with Gasteiger partial charge in [0.05, 0.1) is 0 Å². The molecule has 0 bridgehead atoms. The van der Waals surface area contributed by atoms with E-state index in [4.69, 9.17) is 5.73 Å². The lowest BCUT2D eigenvalue weighted by molar-refractivity contribution is 0.214. The van der Waals surface area contributed by atoms with Gasteiger partial charge in [-0.25, -0.2) is 8.78 Å². The van der Waals surface area contributed by atoms with Crippen molar-refractivity contribution < 1.29 is 8.78 Å². The summed E-state index contributed by atoms with van der Waals surface area (Å²) in [4.78, 5) is -0.464. The highest BCUT2D eigenvalue weighted by Gasteiger charge is 2.43. The smallest absolute Gasteiger partial charge is 0.134 e. The molecule has 0 amide bonds. The van der Waals surface area contributed by atoms with E-state index in [1.165, 1.54) is 17.8 Å². The highest BCUT2D eigenvalue weighted by Crippen LogP contribution is 2.49. The first kappa shape index (κ1) is 16.9. The lowest BCUT2D eigenvalue weighted by Crippen LogP contribution is -2.35. The zero-order valence-electron chi connectivity index (χ0n) is 13.4. The third kappa shape index (κ3) is 3.03. The van der Waals surface area contributed by atoms with E-state index >= 15 is 0 Å². The summed E-state index contributed by atoms with van der Waals surface area (Å²) >= 11 is 1.45. The number of thioether (sulfide) groups is 1. The normalized spacial score (nSPS) is 20.3. The second kappa shape index (κ2) is 6.91. The summed E-state index contributed by atoms with van der Waals surface area (Å²) in [6, 6.07) is 13.4.